The monoisotopic (exact) mass is 309 g/mol. The Bertz CT molecular complexity index is 516. The predicted octanol–water partition coefficient (Wildman–Crippen LogP) is 1.07. The number of aliphatic hydroxyl groups is 1. The van der Waals surface area contributed by atoms with Crippen LogP contribution in [0.15, 0.2) is 18.2 Å². The number of hydrogen-bond acceptors (Lipinski definition) is 4. The number of aryl methyl sites for hydroxylation is 1. The van der Waals surface area contributed by atoms with Crippen LogP contribution < -0.4 is 5.32 Å². The molecule has 5 nitrogen and oxygen atoms in total. The van der Waals surface area contributed by atoms with Crippen LogP contribution in [0.5, 0.6) is 0 Å². The summed E-state index contributed by atoms with van der Waals surface area (Å²) in [6.07, 6.45) is 0. The average Bonchev–Trinajstić information content (AvgIpc) is 2.51. The number of nitrogens with zero attached hydrogens (tertiary/aromatic N) is 2. The van der Waals surface area contributed by atoms with Gasteiger partial charge >= 0.3 is 0 Å². The highest BCUT2D eigenvalue weighted by molar-refractivity contribution is 5.95. The van der Waals surface area contributed by atoms with Gasteiger partial charge in [0.15, 0.2) is 0 Å². The molecule has 0 aliphatic carbocycles. The van der Waals surface area contributed by atoms with Crippen molar-refractivity contribution >= 4 is 11.6 Å². The van der Waals surface area contributed by atoms with Gasteiger partial charge < -0.3 is 10.4 Å². The quantitative estimate of drug-likeness (QED) is 0.854. The molecule has 0 spiro atoms. The number of piperazine rings is 1. The van der Waals surface area contributed by atoms with Crippen LogP contribution in [-0.2, 0) is 4.79 Å². The van der Waals surface area contributed by atoms with Crippen LogP contribution in [0.4, 0.5) is 10.1 Å². The molecular formula is C16H24FN3O2. The van der Waals surface area contributed by atoms with Gasteiger partial charge in [-0.2, -0.15) is 0 Å². The standard InChI is InChI=1S/C16H24FN3O2/c1-12-3-4-14(17)11-15(12)18-16(22)13(2)20-7-5-19(6-8-20)9-10-21/h3-4,11,13,21H,5-10H2,1-2H3,(H,18,22). The van der Waals surface area contributed by atoms with Crippen LogP contribution in [-0.4, -0.2) is 66.2 Å². The predicted molar refractivity (Wildman–Crippen MR) is 84.3 cm³/mol. The van der Waals surface area contributed by atoms with Gasteiger partial charge in [0.2, 0.25) is 5.91 Å². The van der Waals surface area contributed by atoms with E-state index in [0.29, 0.717) is 12.2 Å². The molecule has 1 fully saturated rings. The Morgan fingerprint density at radius 3 is 2.68 bits per heavy atom. The molecule has 22 heavy (non-hydrogen) atoms. The highest BCUT2D eigenvalue weighted by Gasteiger charge is 2.25. The van der Waals surface area contributed by atoms with Crippen molar-refractivity contribution in [3.05, 3.63) is 29.6 Å². The molecule has 1 unspecified atom stereocenters. The first-order valence-corrected chi connectivity index (χ1v) is 7.65. The number of carbonyl (C=O) groups excluding carboxylic acids is 1. The topological polar surface area (TPSA) is 55.8 Å². The molecule has 122 valence electrons. The minimum atomic E-state index is -0.355. The van der Waals surface area contributed by atoms with Gasteiger partial charge in [-0.1, -0.05) is 6.07 Å². The van der Waals surface area contributed by atoms with Crippen molar-refractivity contribution in [1.29, 1.82) is 0 Å². The minimum Gasteiger partial charge on any atom is -0.395 e. The third-order valence-electron chi connectivity index (χ3n) is 4.21. The summed E-state index contributed by atoms with van der Waals surface area (Å²) >= 11 is 0. The Morgan fingerprint density at radius 2 is 2.05 bits per heavy atom. The first kappa shape index (κ1) is 16.9. The van der Waals surface area contributed by atoms with E-state index in [0.717, 1.165) is 31.7 Å². The number of β-amino-alcohol motifs (C(OH)–C–C–N with tert-alkyl or cyclic N) is 1. The van der Waals surface area contributed by atoms with Crippen LogP contribution in [0, 0.1) is 12.7 Å². The van der Waals surface area contributed by atoms with E-state index in [2.05, 4.69) is 15.1 Å². The van der Waals surface area contributed by atoms with E-state index in [1.165, 1.54) is 12.1 Å². The summed E-state index contributed by atoms with van der Waals surface area (Å²) in [7, 11) is 0. The molecule has 0 bridgehead atoms. The molecule has 1 aliphatic heterocycles. The van der Waals surface area contributed by atoms with E-state index in [9.17, 15) is 9.18 Å². The SMILES string of the molecule is Cc1ccc(F)cc1NC(=O)C(C)N1CCN(CCO)CC1. The van der Waals surface area contributed by atoms with Crippen molar-refractivity contribution in [2.24, 2.45) is 0 Å². The van der Waals surface area contributed by atoms with Crippen LogP contribution in [0.3, 0.4) is 0 Å². The number of amides is 1. The molecule has 1 heterocycles. The van der Waals surface area contributed by atoms with Gasteiger partial charge in [0.25, 0.3) is 0 Å². The molecule has 1 amide bonds. The zero-order valence-corrected chi connectivity index (χ0v) is 13.2. The molecule has 2 rings (SSSR count). The third kappa shape index (κ3) is 4.25. The van der Waals surface area contributed by atoms with Crippen LogP contribution in [0.1, 0.15) is 12.5 Å². The number of hydrogen-bond donors (Lipinski definition) is 2. The molecule has 0 aromatic heterocycles. The Balaban J connectivity index is 1.91. The van der Waals surface area contributed by atoms with Crippen molar-refractivity contribution in [2.75, 3.05) is 44.6 Å². The van der Waals surface area contributed by atoms with Crippen molar-refractivity contribution < 1.29 is 14.3 Å². The van der Waals surface area contributed by atoms with Gasteiger partial charge in [0.05, 0.1) is 12.6 Å². The number of carbonyl (C=O) groups is 1. The van der Waals surface area contributed by atoms with Crippen LogP contribution in [0.25, 0.3) is 0 Å². The van der Waals surface area contributed by atoms with Crippen molar-refractivity contribution in [1.82, 2.24) is 9.80 Å². The second-order valence-corrected chi connectivity index (χ2v) is 5.73. The van der Waals surface area contributed by atoms with E-state index >= 15 is 0 Å². The lowest BCUT2D eigenvalue weighted by molar-refractivity contribution is -0.121. The van der Waals surface area contributed by atoms with Crippen molar-refractivity contribution in [3.8, 4) is 0 Å². The van der Waals surface area contributed by atoms with Crippen molar-refractivity contribution in [2.45, 2.75) is 19.9 Å². The third-order valence-corrected chi connectivity index (χ3v) is 4.21. The van der Waals surface area contributed by atoms with E-state index in [-0.39, 0.29) is 24.4 Å². The lowest BCUT2D eigenvalue weighted by Gasteiger charge is -2.37. The number of aliphatic hydroxyl groups excluding tert-OH is 1. The second-order valence-electron chi connectivity index (χ2n) is 5.73. The fourth-order valence-electron chi connectivity index (χ4n) is 2.65. The first-order chi connectivity index (χ1) is 10.5. The van der Waals surface area contributed by atoms with Gasteiger partial charge in [-0.15, -0.1) is 0 Å². The van der Waals surface area contributed by atoms with Gasteiger partial charge in [0, 0.05) is 38.4 Å². The van der Waals surface area contributed by atoms with Crippen molar-refractivity contribution in [3.63, 3.8) is 0 Å². The molecule has 1 atom stereocenters. The van der Waals surface area contributed by atoms with Gasteiger partial charge in [-0.25, -0.2) is 4.39 Å². The highest BCUT2D eigenvalue weighted by Crippen LogP contribution is 2.17. The van der Waals surface area contributed by atoms with Gasteiger partial charge in [0.1, 0.15) is 5.82 Å². The molecule has 0 radical (unpaired) electrons. The fourth-order valence-corrected chi connectivity index (χ4v) is 2.65. The van der Waals surface area contributed by atoms with E-state index < -0.39 is 0 Å². The smallest absolute Gasteiger partial charge is 0.241 e. The molecule has 1 aliphatic rings. The lowest BCUT2D eigenvalue weighted by Crippen LogP contribution is -2.53. The summed E-state index contributed by atoms with van der Waals surface area (Å²) in [6.45, 7) is 7.81. The number of halogens is 1. The maximum Gasteiger partial charge on any atom is 0.241 e. The summed E-state index contributed by atoms with van der Waals surface area (Å²) in [4.78, 5) is 16.6. The van der Waals surface area contributed by atoms with Gasteiger partial charge in [-0.05, 0) is 31.5 Å². The van der Waals surface area contributed by atoms with Crippen LogP contribution >= 0.6 is 0 Å². The number of nitrogens with one attached hydrogen (secondary N) is 1. The highest BCUT2D eigenvalue weighted by atomic mass is 19.1. The van der Waals surface area contributed by atoms with E-state index in [1.807, 2.05) is 13.8 Å². The largest absolute Gasteiger partial charge is 0.395 e. The second kappa shape index (κ2) is 7.67. The summed E-state index contributed by atoms with van der Waals surface area (Å²) in [5, 5.41) is 11.8. The molecular weight excluding hydrogens is 285 g/mol. The number of benzene rings is 1. The Morgan fingerprint density at radius 1 is 1.36 bits per heavy atom. The zero-order chi connectivity index (χ0) is 16.1. The number of rotatable bonds is 5. The minimum absolute atomic E-state index is 0.121. The Labute approximate surface area is 130 Å². The lowest BCUT2D eigenvalue weighted by atomic mass is 10.1. The summed E-state index contributed by atoms with van der Waals surface area (Å²) < 4.78 is 13.3. The fraction of sp³-hybridized carbons (Fsp3) is 0.562. The Hall–Kier alpha value is -1.50. The average molecular weight is 309 g/mol. The van der Waals surface area contributed by atoms with Gasteiger partial charge in [-0.3, -0.25) is 14.6 Å². The molecule has 1 saturated heterocycles. The number of anilines is 1. The van der Waals surface area contributed by atoms with E-state index in [1.54, 1.807) is 6.07 Å². The molecule has 1 aromatic carbocycles. The zero-order valence-electron chi connectivity index (χ0n) is 13.2. The summed E-state index contributed by atoms with van der Waals surface area (Å²) in [5.74, 6) is -0.476. The molecule has 6 heteroatoms. The van der Waals surface area contributed by atoms with Crippen LogP contribution in [0.2, 0.25) is 0 Å². The molecule has 0 saturated carbocycles. The maximum atomic E-state index is 13.3. The summed E-state index contributed by atoms with van der Waals surface area (Å²) in [6, 6.07) is 4.12. The van der Waals surface area contributed by atoms with E-state index in [4.69, 9.17) is 5.11 Å². The Kier molecular flexibility index (Phi) is 5.88. The molecule has 2 N–H and O–H groups in total. The molecule has 1 aromatic rings. The maximum absolute atomic E-state index is 13.3. The normalized spacial score (nSPS) is 18.2. The first-order valence-electron chi connectivity index (χ1n) is 7.65. The summed E-state index contributed by atoms with van der Waals surface area (Å²) in [5.41, 5.74) is 1.37.